The van der Waals surface area contributed by atoms with E-state index in [9.17, 15) is 0 Å². The topological polar surface area (TPSA) is 29.3 Å². The molecule has 78 valence electrons. The first-order chi connectivity index (χ1) is 6.75. The van der Waals surface area contributed by atoms with Crippen molar-refractivity contribution < 1.29 is 0 Å². The summed E-state index contributed by atoms with van der Waals surface area (Å²) in [6.07, 6.45) is 1.05. The zero-order chi connectivity index (χ0) is 10.4. The van der Waals surface area contributed by atoms with Gasteiger partial charge < -0.3 is 10.6 Å². The van der Waals surface area contributed by atoms with Gasteiger partial charge in [-0.25, -0.2) is 0 Å². The van der Waals surface area contributed by atoms with E-state index in [0.717, 1.165) is 19.5 Å². The van der Waals surface area contributed by atoms with Crippen LogP contribution in [0.3, 0.4) is 0 Å². The quantitative estimate of drug-likeness (QED) is 0.775. The lowest BCUT2D eigenvalue weighted by molar-refractivity contribution is 0.657. The van der Waals surface area contributed by atoms with Gasteiger partial charge in [0.15, 0.2) is 0 Å². The monoisotopic (exact) mass is 192 g/mol. The van der Waals surface area contributed by atoms with Crippen LogP contribution in [0.25, 0.3) is 0 Å². The molecule has 1 aromatic carbocycles. The largest absolute Gasteiger partial charge is 0.369 e. The van der Waals surface area contributed by atoms with Crippen LogP contribution in [0.1, 0.15) is 20.3 Å². The van der Waals surface area contributed by atoms with Crippen LogP contribution in [0, 0.1) is 0 Å². The fourth-order valence-electron chi connectivity index (χ4n) is 1.57. The second-order valence-electron chi connectivity index (χ2n) is 3.76. The molecular formula is C12H20N2. The van der Waals surface area contributed by atoms with Gasteiger partial charge in [-0.05, 0) is 38.9 Å². The van der Waals surface area contributed by atoms with Gasteiger partial charge in [-0.3, -0.25) is 0 Å². The van der Waals surface area contributed by atoms with Crippen LogP contribution in [0.5, 0.6) is 0 Å². The average molecular weight is 192 g/mol. The highest BCUT2D eigenvalue weighted by Crippen LogP contribution is 2.16. The molecule has 0 spiro atoms. The normalized spacial score (nSPS) is 10.6. The van der Waals surface area contributed by atoms with Crippen molar-refractivity contribution in [3.8, 4) is 0 Å². The molecule has 0 aliphatic carbocycles. The van der Waals surface area contributed by atoms with Gasteiger partial charge in [-0.1, -0.05) is 18.2 Å². The molecule has 0 heterocycles. The molecule has 1 rings (SSSR count). The van der Waals surface area contributed by atoms with Crippen molar-refractivity contribution in [3.05, 3.63) is 30.3 Å². The van der Waals surface area contributed by atoms with E-state index in [-0.39, 0.29) is 0 Å². The van der Waals surface area contributed by atoms with Gasteiger partial charge in [0, 0.05) is 18.3 Å². The summed E-state index contributed by atoms with van der Waals surface area (Å²) in [5.74, 6) is 0. The Morgan fingerprint density at radius 1 is 1.21 bits per heavy atom. The second kappa shape index (κ2) is 5.66. The predicted octanol–water partition coefficient (Wildman–Crippen LogP) is 2.25. The van der Waals surface area contributed by atoms with Crippen LogP contribution in [-0.2, 0) is 0 Å². The summed E-state index contributed by atoms with van der Waals surface area (Å²) in [6, 6.07) is 11.0. The highest BCUT2D eigenvalue weighted by molar-refractivity contribution is 5.46. The molecule has 0 fully saturated rings. The molecule has 0 amide bonds. The van der Waals surface area contributed by atoms with Gasteiger partial charge >= 0.3 is 0 Å². The fourth-order valence-corrected chi connectivity index (χ4v) is 1.57. The molecule has 0 aromatic heterocycles. The molecule has 0 aliphatic heterocycles. The molecule has 1 aromatic rings. The summed E-state index contributed by atoms with van der Waals surface area (Å²) in [5.41, 5.74) is 6.82. The Balaban J connectivity index is 2.68. The first-order valence-electron chi connectivity index (χ1n) is 5.27. The Kier molecular flexibility index (Phi) is 4.47. The summed E-state index contributed by atoms with van der Waals surface area (Å²) in [4.78, 5) is 2.38. The molecule has 2 N–H and O–H groups in total. The van der Waals surface area contributed by atoms with Crippen LogP contribution in [0.15, 0.2) is 30.3 Å². The number of hydrogen-bond donors (Lipinski definition) is 1. The first kappa shape index (κ1) is 11.1. The van der Waals surface area contributed by atoms with E-state index in [4.69, 9.17) is 5.73 Å². The van der Waals surface area contributed by atoms with Crippen molar-refractivity contribution in [2.45, 2.75) is 26.3 Å². The molecule has 0 bridgehead atoms. The molecular weight excluding hydrogens is 172 g/mol. The van der Waals surface area contributed by atoms with Gasteiger partial charge in [0.25, 0.3) is 0 Å². The zero-order valence-electron chi connectivity index (χ0n) is 9.11. The second-order valence-corrected chi connectivity index (χ2v) is 3.76. The minimum atomic E-state index is 0.531. The van der Waals surface area contributed by atoms with Crippen LogP contribution >= 0.6 is 0 Å². The molecule has 2 nitrogen and oxygen atoms in total. The standard InChI is InChI=1S/C12H20N2/c1-11(2)14(10-6-9-13)12-7-4-3-5-8-12/h3-5,7-8,11H,6,9-10,13H2,1-2H3. The Labute approximate surface area is 86.7 Å². The van der Waals surface area contributed by atoms with E-state index < -0.39 is 0 Å². The number of rotatable bonds is 5. The molecule has 14 heavy (non-hydrogen) atoms. The van der Waals surface area contributed by atoms with Gasteiger partial charge in [0.05, 0.1) is 0 Å². The molecule has 0 saturated carbocycles. The van der Waals surface area contributed by atoms with Crippen molar-refractivity contribution in [1.29, 1.82) is 0 Å². The van der Waals surface area contributed by atoms with E-state index in [2.05, 4.69) is 43.0 Å². The van der Waals surface area contributed by atoms with E-state index in [1.165, 1.54) is 5.69 Å². The third-order valence-corrected chi connectivity index (χ3v) is 2.31. The van der Waals surface area contributed by atoms with Gasteiger partial charge in [-0.2, -0.15) is 0 Å². The summed E-state index contributed by atoms with van der Waals surface area (Å²) in [5, 5.41) is 0. The number of nitrogens with zero attached hydrogens (tertiary/aromatic N) is 1. The molecule has 2 heteroatoms. The number of anilines is 1. The Bertz CT molecular complexity index is 244. The van der Waals surface area contributed by atoms with E-state index >= 15 is 0 Å². The first-order valence-corrected chi connectivity index (χ1v) is 5.27. The van der Waals surface area contributed by atoms with Crippen molar-refractivity contribution in [1.82, 2.24) is 0 Å². The average Bonchev–Trinajstić information content (AvgIpc) is 2.19. The van der Waals surface area contributed by atoms with E-state index in [0.29, 0.717) is 6.04 Å². The summed E-state index contributed by atoms with van der Waals surface area (Å²) < 4.78 is 0. The third kappa shape index (κ3) is 3.04. The maximum atomic E-state index is 5.53. The summed E-state index contributed by atoms with van der Waals surface area (Å²) >= 11 is 0. The maximum absolute atomic E-state index is 5.53. The van der Waals surface area contributed by atoms with Crippen LogP contribution < -0.4 is 10.6 Å². The Morgan fingerprint density at radius 2 is 1.86 bits per heavy atom. The van der Waals surface area contributed by atoms with Crippen LogP contribution in [0.4, 0.5) is 5.69 Å². The molecule has 0 atom stereocenters. The smallest absolute Gasteiger partial charge is 0.0368 e. The lowest BCUT2D eigenvalue weighted by Crippen LogP contribution is -2.32. The lowest BCUT2D eigenvalue weighted by Gasteiger charge is -2.28. The highest BCUT2D eigenvalue weighted by Gasteiger charge is 2.08. The Morgan fingerprint density at radius 3 is 2.36 bits per heavy atom. The minimum absolute atomic E-state index is 0.531. The highest BCUT2D eigenvalue weighted by atomic mass is 15.1. The summed E-state index contributed by atoms with van der Waals surface area (Å²) in [7, 11) is 0. The van der Waals surface area contributed by atoms with Gasteiger partial charge in [0.1, 0.15) is 0 Å². The molecule has 0 saturated heterocycles. The van der Waals surface area contributed by atoms with Crippen molar-refractivity contribution in [3.63, 3.8) is 0 Å². The fraction of sp³-hybridized carbons (Fsp3) is 0.500. The number of para-hydroxylation sites is 1. The lowest BCUT2D eigenvalue weighted by atomic mass is 10.2. The maximum Gasteiger partial charge on any atom is 0.0368 e. The van der Waals surface area contributed by atoms with Crippen molar-refractivity contribution in [2.24, 2.45) is 5.73 Å². The van der Waals surface area contributed by atoms with Gasteiger partial charge in [0.2, 0.25) is 0 Å². The zero-order valence-corrected chi connectivity index (χ0v) is 9.11. The SMILES string of the molecule is CC(C)N(CCCN)c1ccccc1. The van der Waals surface area contributed by atoms with Crippen LogP contribution in [-0.4, -0.2) is 19.1 Å². The van der Waals surface area contributed by atoms with Crippen molar-refractivity contribution in [2.75, 3.05) is 18.0 Å². The minimum Gasteiger partial charge on any atom is -0.369 e. The number of benzene rings is 1. The van der Waals surface area contributed by atoms with Crippen LogP contribution in [0.2, 0.25) is 0 Å². The molecule has 0 aliphatic rings. The molecule has 0 radical (unpaired) electrons. The predicted molar refractivity (Wildman–Crippen MR) is 62.6 cm³/mol. The number of hydrogen-bond acceptors (Lipinski definition) is 2. The van der Waals surface area contributed by atoms with E-state index in [1.54, 1.807) is 0 Å². The van der Waals surface area contributed by atoms with Crippen molar-refractivity contribution >= 4 is 5.69 Å². The summed E-state index contributed by atoms with van der Waals surface area (Å²) in [6.45, 7) is 6.22. The third-order valence-electron chi connectivity index (χ3n) is 2.31. The molecule has 0 unspecified atom stereocenters. The number of nitrogens with two attached hydrogens (primary N) is 1. The van der Waals surface area contributed by atoms with E-state index in [1.807, 2.05) is 6.07 Å². The Hall–Kier alpha value is -1.02. The van der Waals surface area contributed by atoms with Gasteiger partial charge in [-0.15, -0.1) is 0 Å².